The summed E-state index contributed by atoms with van der Waals surface area (Å²) in [5.41, 5.74) is 10.7. The van der Waals surface area contributed by atoms with Crippen molar-refractivity contribution in [1.82, 2.24) is 19.5 Å². The van der Waals surface area contributed by atoms with E-state index in [0.717, 1.165) is 0 Å². The van der Waals surface area contributed by atoms with Crippen molar-refractivity contribution in [2.45, 2.75) is 76.7 Å². The molecule has 0 bridgehead atoms. The normalized spacial score (nSPS) is 22.4. The molecule has 0 saturated carbocycles. The van der Waals surface area contributed by atoms with Gasteiger partial charge in [0, 0.05) is 10.5 Å². The van der Waals surface area contributed by atoms with Gasteiger partial charge in [-0.05, 0) is 42.2 Å². The highest BCUT2D eigenvalue weighted by Gasteiger charge is 2.50. The van der Waals surface area contributed by atoms with Crippen LogP contribution in [0.4, 0.5) is 5.82 Å². The van der Waals surface area contributed by atoms with Gasteiger partial charge in [-0.3, -0.25) is 9.36 Å². The maximum absolute atomic E-state index is 12.7. The van der Waals surface area contributed by atoms with E-state index in [4.69, 9.17) is 9.16 Å². The number of nitrogens with zero attached hydrogens (tertiary/aromatic N) is 7. The molecule has 4 atom stereocenters. The SMILES string of the molecule is CCC1OC(n2cnc3c(NC(=O)c4ccccc4)ncnc32)C(O[Si](C)(C)C(C)(C)C)C1N=[N+]=[N-]. The van der Waals surface area contributed by atoms with Crippen LogP contribution in [0, 0.1) is 0 Å². The van der Waals surface area contributed by atoms with E-state index in [-0.39, 0.29) is 17.0 Å². The summed E-state index contributed by atoms with van der Waals surface area (Å²) >= 11 is 0. The highest BCUT2D eigenvalue weighted by Crippen LogP contribution is 2.43. The number of imidazole rings is 1. The second-order valence-electron chi connectivity index (χ2n) is 10.4. The fraction of sp³-hybridized carbons (Fsp3) is 0.500. The molecule has 12 heteroatoms. The Morgan fingerprint density at radius 3 is 2.61 bits per heavy atom. The van der Waals surface area contributed by atoms with E-state index in [0.29, 0.717) is 29.0 Å². The van der Waals surface area contributed by atoms with Gasteiger partial charge in [0.05, 0.1) is 18.5 Å². The first kappa shape index (κ1) is 25.8. The Morgan fingerprint density at radius 2 is 1.97 bits per heavy atom. The number of carbonyl (C=O) groups is 1. The third kappa shape index (κ3) is 4.85. The summed E-state index contributed by atoms with van der Waals surface area (Å²) in [5, 5.41) is 6.85. The number of aromatic nitrogens is 4. The molecular weight excluding hydrogens is 476 g/mol. The van der Waals surface area contributed by atoms with Crippen molar-refractivity contribution < 1.29 is 14.0 Å². The maximum atomic E-state index is 12.7. The molecule has 2 aromatic heterocycles. The summed E-state index contributed by atoms with van der Waals surface area (Å²) in [5.74, 6) is 0.00183. The van der Waals surface area contributed by atoms with Gasteiger partial charge in [-0.1, -0.05) is 51.0 Å². The Labute approximate surface area is 211 Å². The first-order valence-electron chi connectivity index (χ1n) is 12.0. The van der Waals surface area contributed by atoms with Gasteiger partial charge in [0.25, 0.3) is 5.91 Å². The molecule has 11 nitrogen and oxygen atoms in total. The van der Waals surface area contributed by atoms with Crippen molar-refractivity contribution in [3.63, 3.8) is 0 Å². The van der Waals surface area contributed by atoms with Crippen molar-refractivity contribution in [2.24, 2.45) is 5.11 Å². The van der Waals surface area contributed by atoms with Crippen LogP contribution in [0.1, 0.15) is 50.7 Å². The topological polar surface area (TPSA) is 140 Å². The number of rotatable bonds is 7. The molecule has 1 N–H and O–H groups in total. The van der Waals surface area contributed by atoms with E-state index in [1.807, 2.05) is 13.0 Å². The minimum atomic E-state index is -2.26. The predicted molar refractivity (Wildman–Crippen MR) is 139 cm³/mol. The van der Waals surface area contributed by atoms with Crippen molar-refractivity contribution in [1.29, 1.82) is 0 Å². The Hall–Kier alpha value is -3.31. The van der Waals surface area contributed by atoms with Crippen molar-refractivity contribution >= 4 is 31.2 Å². The summed E-state index contributed by atoms with van der Waals surface area (Å²) in [4.78, 5) is 29.0. The number of fused-ring (bicyclic) bond motifs is 1. The lowest BCUT2D eigenvalue weighted by atomic mass is 10.1. The summed E-state index contributed by atoms with van der Waals surface area (Å²) in [6.45, 7) is 12.8. The van der Waals surface area contributed by atoms with E-state index in [1.54, 1.807) is 35.2 Å². The molecule has 3 aromatic rings. The number of nitrogens with one attached hydrogen (secondary N) is 1. The first-order valence-corrected chi connectivity index (χ1v) is 14.9. The molecular formula is C24H32N8O3Si. The smallest absolute Gasteiger partial charge is 0.256 e. The average molecular weight is 509 g/mol. The standard InChI is InChI=1S/C24H32N8O3Si/c1-7-16-17(30-31-25)19(35-36(5,6)24(2,3)4)23(34-16)32-14-28-18-20(26-13-27-21(18)32)29-22(33)15-11-9-8-10-12-15/h8-14,16-17,19,23H,7H2,1-6H3,(H,26,27,29,33). The van der Waals surface area contributed by atoms with Crippen LogP contribution in [0.2, 0.25) is 18.1 Å². The van der Waals surface area contributed by atoms with Gasteiger partial charge in [0.1, 0.15) is 12.4 Å². The van der Waals surface area contributed by atoms with Crippen LogP contribution in [-0.2, 0) is 9.16 Å². The zero-order valence-electron chi connectivity index (χ0n) is 21.4. The summed E-state index contributed by atoms with van der Waals surface area (Å²) in [7, 11) is -2.26. The second-order valence-corrected chi connectivity index (χ2v) is 15.1. The van der Waals surface area contributed by atoms with E-state index in [9.17, 15) is 10.3 Å². The Kier molecular flexibility index (Phi) is 7.14. The van der Waals surface area contributed by atoms with Gasteiger partial charge in [-0.2, -0.15) is 0 Å². The molecule has 0 radical (unpaired) electrons. The number of hydrogen-bond donors (Lipinski definition) is 1. The van der Waals surface area contributed by atoms with Gasteiger partial charge in [0.2, 0.25) is 0 Å². The summed E-state index contributed by atoms with van der Waals surface area (Å²) < 4.78 is 15.0. The fourth-order valence-electron chi connectivity index (χ4n) is 4.02. The van der Waals surface area contributed by atoms with Crippen LogP contribution >= 0.6 is 0 Å². The minimum Gasteiger partial charge on any atom is -0.409 e. The highest BCUT2D eigenvalue weighted by molar-refractivity contribution is 6.74. The van der Waals surface area contributed by atoms with Crippen LogP contribution in [0.3, 0.4) is 0 Å². The highest BCUT2D eigenvalue weighted by atomic mass is 28.4. The van der Waals surface area contributed by atoms with Gasteiger partial charge in [-0.25, -0.2) is 15.0 Å². The van der Waals surface area contributed by atoms with Gasteiger partial charge < -0.3 is 14.5 Å². The van der Waals surface area contributed by atoms with Gasteiger partial charge in [-0.15, -0.1) is 0 Å². The molecule has 36 heavy (non-hydrogen) atoms. The van der Waals surface area contributed by atoms with Crippen molar-refractivity contribution in [3.8, 4) is 0 Å². The maximum Gasteiger partial charge on any atom is 0.256 e. The van der Waals surface area contributed by atoms with E-state index < -0.39 is 26.7 Å². The van der Waals surface area contributed by atoms with Crippen molar-refractivity contribution in [3.05, 3.63) is 59.0 Å². The molecule has 1 aromatic carbocycles. The fourth-order valence-corrected chi connectivity index (χ4v) is 5.31. The lowest BCUT2D eigenvalue weighted by Gasteiger charge is -2.40. The lowest BCUT2D eigenvalue weighted by Crippen LogP contribution is -2.48. The van der Waals surface area contributed by atoms with Crippen LogP contribution < -0.4 is 5.32 Å². The first-order chi connectivity index (χ1) is 17.1. The zero-order valence-corrected chi connectivity index (χ0v) is 22.4. The molecule has 1 saturated heterocycles. The molecule has 1 aliphatic rings. The third-order valence-electron chi connectivity index (χ3n) is 7.04. The van der Waals surface area contributed by atoms with Crippen molar-refractivity contribution in [2.75, 3.05) is 5.32 Å². The molecule has 4 rings (SSSR count). The molecule has 1 fully saturated rings. The number of anilines is 1. The molecule has 1 aliphatic heterocycles. The number of ether oxygens (including phenoxy) is 1. The van der Waals surface area contributed by atoms with Crippen LogP contribution in [0.5, 0.6) is 0 Å². The number of amides is 1. The number of benzene rings is 1. The molecule has 1 amide bonds. The average Bonchev–Trinajstić information content (AvgIpc) is 3.41. The third-order valence-corrected chi connectivity index (χ3v) is 11.5. The lowest BCUT2D eigenvalue weighted by molar-refractivity contribution is -0.0321. The van der Waals surface area contributed by atoms with Gasteiger partial charge >= 0.3 is 0 Å². The predicted octanol–water partition coefficient (Wildman–Crippen LogP) is 5.46. The van der Waals surface area contributed by atoms with E-state index in [2.05, 4.69) is 64.2 Å². The summed E-state index contributed by atoms with van der Waals surface area (Å²) in [6, 6.07) is 8.38. The number of hydrogen-bond acceptors (Lipinski definition) is 7. The molecule has 4 unspecified atom stereocenters. The Bertz CT molecular complexity index is 1280. The zero-order chi connectivity index (χ0) is 26.1. The Morgan fingerprint density at radius 1 is 1.25 bits per heavy atom. The molecule has 190 valence electrons. The van der Waals surface area contributed by atoms with Crippen LogP contribution in [-0.4, -0.2) is 52.0 Å². The minimum absolute atomic E-state index is 0.0587. The van der Waals surface area contributed by atoms with E-state index >= 15 is 0 Å². The second kappa shape index (κ2) is 9.98. The number of carbonyl (C=O) groups excluding carboxylic acids is 1. The molecule has 0 spiro atoms. The quantitative estimate of drug-likeness (QED) is 0.195. The van der Waals surface area contributed by atoms with E-state index in [1.165, 1.54) is 6.33 Å². The van der Waals surface area contributed by atoms with Gasteiger partial charge in [0.15, 0.2) is 31.5 Å². The number of azide groups is 1. The molecule has 3 heterocycles. The Balaban J connectivity index is 1.73. The monoisotopic (exact) mass is 508 g/mol. The molecule has 0 aliphatic carbocycles. The van der Waals surface area contributed by atoms with Crippen LogP contribution in [0.25, 0.3) is 21.6 Å². The summed E-state index contributed by atoms with van der Waals surface area (Å²) in [6.07, 6.45) is 2.17. The largest absolute Gasteiger partial charge is 0.409 e. The van der Waals surface area contributed by atoms with Crippen LogP contribution in [0.15, 0.2) is 48.1 Å².